The molecule has 0 aliphatic carbocycles. The Kier molecular flexibility index (Phi) is 6.15. The summed E-state index contributed by atoms with van der Waals surface area (Å²) in [6, 6.07) is 13.6. The van der Waals surface area contributed by atoms with Gasteiger partial charge in [0.2, 0.25) is 0 Å². The van der Waals surface area contributed by atoms with Gasteiger partial charge in [0, 0.05) is 35.3 Å². The molecule has 2 amide bonds. The number of nitrogens with zero attached hydrogens (tertiary/aromatic N) is 4. The number of aromatic nitrogens is 3. The van der Waals surface area contributed by atoms with Gasteiger partial charge in [-0.2, -0.15) is 5.10 Å². The van der Waals surface area contributed by atoms with Gasteiger partial charge in [0.05, 0.1) is 23.7 Å². The number of piperidine rings is 1. The maximum absolute atomic E-state index is 13.5. The Morgan fingerprint density at radius 3 is 2.62 bits per heavy atom. The van der Waals surface area contributed by atoms with Gasteiger partial charge in [-0.15, -0.1) is 11.3 Å². The number of benzene rings is 1. The van der Waals surface area contributed by atoms with Crippen molar-refractivity contribution in [1.29, 1.82) is 0 Å². The number of carbonyl (C=O) groups is 2. The molecular formula is C26H27N5O2S. The molecule has 0 saturated carbocycles. The standard InChI is InChI=1S/C26H27N5O2S/c1-17-6-3-4-8-21(17)25(32)29-19-9-11-30(12-10-19)26(33)22-14-18(2)28-24-23(22)15-27-31(24)16-20-7-5-13-34-20/h3-8,13-15,19H,9-12,16H2,1-2H3,(H,29,32). The number of thiophene rings is 1. The quantitative estimate of drug-likeness (QED) is 0.471. The molecule has 3 aromatic heterocycles. The van der Waals surface area contributed by atoms with E-state index in [1.165, 1.54) is 4.88 Å². The first-order valence-corrected chi connectivity index (χ1v) is 12.4. The fourth-order valence-corrected chi connectivity index (χ4v) is 5.19. The normalized spacial score (nSPS) is 14.5. The Bertz CT molecular complexity index is 1340. The highest BCUT2D eigenvalue weighted by molar-refractivity contribution is 7.09. The lowest BCUT2D eigenvalue weighted by molar-refractivity contribution is 0.0700. The van der Waals surface area contributed by atoms with Gasteiger partial charge >= 0.3 is 0 Å². The molecule has 1 aliphatic heterocycles. The predicted molar refractivity (Wildman–Crippen MR) is 133 cm³/mol. The molecule has 1 N–H and O–H groups in total. The molecule has 1 aliphatic rings. The summed E-state index contributed by atoms with van der Waals surface area (Å²) in [6.45, 7) is 5.69. The molecule has 0 unspecified atom stereocenters. The molecule has 0 radical (unpaired) electrons. The van der Waals surface area contributed by atoms with Crippen LogP contribution < -0.4 is 5.32 Å². The Balaban J connectivity index is 1.28. The first-order chi connectivity index (χ1) is 16.5. The zero-order valence-electron chi connectivity index (χ0n) is 19.3. The van der Waals surface area contributed by atoms with E-state index in [1.54, 1.807) is 17.5 Å². The third-order valence-corrected chi connectivity index (χ3v) is 7.22. The molecule has 0 atom stereocenters. The SMILES string of the molecule is Cc1cc(C(=O)N2CCC(NC(=O)c3ccccc3C)CC2)c2cnn(Cc3cccs3)c2n1. The number of likely N-dealkylation sites (tertiary alicyclic amines) is 1. The van der Waals surface area contributed by atoms with Gasteiger partial charge in [-0.1, -0.05) is 24.3 Å². The van der Waals surface area contributed by atoms with Crippen LogP contribution in [0, 0.1) is 13.8 Å². The van der Waals surface area contributed by atoms with Crippen LogP contribution >= 0.6 is 11.3 Å². The summed E-state index contributed by atoms with van der Waals surface area (Å²) < 4.78 is 1.86. The van der Waals surface area contributed by atoms with Crippen LogP contribution in [0.25, 0.3) is 11.0 Å². The minimum Gasteiger partial charge on any atom is -0.349 e. The first kappa shape index (κ1) is 22.3. The molecule has 5 rings (SSSR count). The summed E-state index contributed by atoms with van der Waals surface area (Å²) in [7, 11) is 0. The van der Waals surface area contributed by atoms with E-state index in [-0.39, 0.29) is 17.9 Å². The summed E-state index contributed by atoms with van der Waals surface area (Å²) in [6.07, 6.45) is 3.21. The second-order valence-corrected chi connectivity index (χ2v) is 9.82. The Morgan fingerprint density at radius 2 is 1.88 bits per heavy atom. The highest BCUT2D eigenvalue weighted by Gasteiger charge is 2.27. The van der Waals surface area contributed by atoms with Crippen molar-refractivity contribution in [1.82, 2.24) is 25.0 Å². The van der Waals surface area contributed by atoms with E-state index in [0.717, 1.165) is 35.1 Å². The van der Waals surface area contributed by atoms with E-state index in [2.05, 4.69) is 21.5 Å². The number of nitrogens with one attached hydrogen (secondary N) is 1. The summed E-state index contributed by atoms with van der Waals surface area (Å²) in [5.74, 6) is -0.0534. The van der Waals surface area contributed by atoms with Gasteiger partial charge < -0.3 is 10.2 Å². The molecule has 8 heteroatoms. The number of hydrogen-bond donors (Lipinski definition) is 1. The molecule has 1 fully saturated rings. The maximum atomic E-state index is 13.5. The predicted octanol–water partition coefficient (Wildman–Crippen LogP) is 4.19. The van der Waals surface area contributed by atoms with E-state index in [9.17, 15) is 9.59 Å². The molecule has 0 spiro atoms. The van der Waals surface area contributed by atoms with E-state index < -0.39 is 0 Å². The van der Waals surface area contributed by atoms with Crippen molar-refractivity contribution in [2.45, 2.75) is 39.3 Å². The fraction of sp³-hybridized carbons (Fsp3) is 0.308. The van der Waals surface area contributed by atoms with Crippen molar-refractivity contribution >= 4 is 34.2 Å². The van der Waals surface area contributed by atoms with Crippen molar-refractivity contribution in [2.75, 3.05) is 13.1 Å². The number of rotatable bonds is 5. The van der Waals surface area contributed by atoms with Crippen LogP contribution in [0.15, 0.2) is 54.0 Å². The molecule has 174 valence electrons. The zero-order chi connectivity index (χ0) is 23.7. The van der Waals surface area contributed by atoms with Crippen LogP contribution in [0.5, 0.6) is 0 Å². The number of pyridine rings is 1. The van der Waals surface area contributed by atoms with Crippen molar-refractivity contribution in [3.63, 3.8) is 0 Å². The van der Waals surface area contributed by atoms with E-state index in [0.29, 0.717) is 30.8 Å². The highest BCUT2D eigenvalue weighted by atomic mass is 32.1. The van der Waals surface area contributed by atoms with Crippen molar-refractivity contribution in [3.8, 4) is 0 Å². The Hall–Kier alpha value is -3.52. The number of fused-ring (bicyclic) bond motifs is 1. The summed E-state index contributed by atoms with van der Waals surface area (Å²) in [4.78, 5) is 33.9. The number of amides is 2. The van der Waals surface area contributed by atoms with Gasteiger partial charge in [-0.25, -0.2) is 9.67 Å². The van der Waals surface area contributed by atoms with Crippen molar-refractivity contribution in [3.05, 3.63) is 81.3 Å². The maximum Gasteiger partial charge on any atom is 0.254 e. The first-order valence-electron chi connectivity index (χ1n) is 11.5. The fourth-order valence-electron chi connectivity index (χ4n) is 4.50. The van der Waals surface area contributed by atoms with Crippen LogP contribution in [0.4, 0.5) is 0 Å². The number of aryl methyl sites for hydroxylation is 2. The molecule has 4 aromatic rings. The Morgan fingerprint density at radius 1 is 1.09 bits per heavy atom. The largest absolute Gasteiger partial charge is 0.349 e. The van der Waals surface area contributed by atoms with E-state index >= 15 is 0 Å². The summed E-state index contributed by atoms with van der Waals surface area (Å²) in [5, 5.41) is 10.5. The summed E-state index contributed by atoms with van der Waals surface area (Å²) in [5.41, 5.74) is 3.84. The van der Waals surface area contributed by atoms with Crippen LogP contribution in [0.2, 0.25) is 0 Å². The van der Waals surface area contributed by atoms with Gasteiger partial charge in [-0.05, 0) is 55.8 Å². The monoisotopic (exact) mass is 473 g/mol. The van der Waals surface area contributed by atoms with Crippen LogP contribution in [0.3, 0.4) is 0 Å². The molecule has 7 nitrogen and oxygen atoms in total. The van der Waals surface area contributed by atoms with E-state index in [1.807, 2.05) is 65.2 Å². The summed E-state index contributed by atoms with van der Waals surface area (Å²) >= 11 is 1.68. The van der Waals surface area contributed by atoms with Crippen molar-refractivity contribution in [2.24, 2.45) is 0 Å². The van der Waals surface area contributed by atoms with Crippen molar-refractivity contribution < 1.29 is 9.59 Å². The molecule has 1 saturated heterocycles. The smallest absolute Gasteiger partial charge is 0.254 e. The molecule has 34 heavy (non-hydrogen) atoms. The van der Waals surface area contributed by atoms with Gasteiger partial charge in [0.15, 0.2) is 5.65 Å². The van der Waals surface area contributed by atoms with Crippen LogP contribution in [-0.4, -0.2) is 50.6 Å². The second-order valence-electron chi connectivity index (χ2n) is 8.78. The highest BCUT2D eigenvalue weighted by Crippen LogP contribution is 2.23. The third-order valence-electron chi connectivity index (χ3n) is 6.36. The second kappa shape index (κ2) is 9.38. The number of hydrogen-bond acceptors (Lipinski definition) is 5. The van der Waals surface area contributed by atoms with Gasteiger partial charge in [-0.3, -0.25) is 9.59 Å². The lowest BCUT2D eigenvalue weighted by atomic mass is 10.0. The number of carbonyl (C=O) groups excluding carboxylic acids is 2. The molecule has 0 bridgehead atoms. The molecular weight excluding hydrogens is 446 g/mol. The molecule has 1 aromatic carbocycles. The Labute approximate surface area is 202 Å². The minimum absolute atomic E-state index is 0.00476. The lowest BCUT2D eigenvalue weighted by Crippen LogP contribution is -2.46. The van der Waals surface area contributed by atoms with Gasteiger partial charge in [0.25, 0.3) is 11.8 Å². The topological polar surface area (TPSA) is 80.1 Å². The molecule has 4 heterocycles. The van der Waals surface area contributed by atoms with Crippen LogP contribution in [-0.2, 0) is 6.54 Å². The average molecular weight is 474 g/mol. The zero-order valence-corrected chi connectivity index (χ0v) is 20.1. The van der Waals surface area contributed by atoms with Gasteiger partial charge in [0.1, 0.15) is 0 Å². The minimum atomic E-state index is -0.0486. The third kappa shape index (κ3) is 4.46. The lowest BCUT2D eigenvalue weighted by Gasteiger charge is -2.32. The van der Waals surface area contributed by atoms with E-state index in [4.69, 9.17) is 0 Å². The van der Waals surface area contributed by atoms with Crippen LogP contribution in [0.1, 0.15) is 49.7 Å². The average Bonchev–Trinajstić information content (AvgIpc) is 3.49.